The summed E-state index contributed by atoms with van der Waals surface area (Å²) in [4.78, 5) is 19.0. The van der Waals surface area contributed by atoms with Gasteiger partial charge in [0.25, 0.3) is 5.91 Å². The number of benzene rings is 1. The number of aryl methyl sites for hydroxylation is 1. The van der Waals surface area contributed by atoms with Gasteiger partial charge in [0.15, 0.2) is 0 Å². The Bertz CT molecular complexity index is 779. The number of anilines is 1. The summed E-state index contributed by atoms with van der Waals surface area (Å²) in [6.07, 6.45) is 3.20. The standard InChI is InChI=1S/C14H12ClN5O/c1-20-12(13(21)18-14-16-6-7-17-14)8-11(19-20)9-4-2-3-5-10(9)15/h2-8H,1H3,(H2,16,17,18,21). The van der Waals surface area contributed by atoms with Crippen LogP contribution >= 0.6 is 11.6 Å². The molecule has 2 N–H and O–H groups in total. The van der Waals surface area contributed by atoms with E-state index >= 15 is 0 Å². The van der Waals surface area contributed by atoms with Crippen LogP contribution in [0.25, 0.3) is 11.3 Å². The molecule has 106 valence electrons. The third-order valence-corrected chi connectivity index (χ3v) is 3.32. The van der Waals surface area contributed by atoms with Gasteiger partial charge in [-0.3, -0.25) is 14.8 Å². The molecule has 21 heavy (non-hydrogen) atoms. The molecule has 0 atom stereocenters. The van der Waals surface area contributed by atoms with Crippen LogP contribution in [0.2, 0.25) is 5.02 Å². The van der Waals surface area contributed by atoms with Gasteiger partial charge in [-0.05, 0) is 12.1 Å². The summed E-state index contributed by atoms with van der Waals surface area (Å²) in [6, 6.07) is 9.06. The van der Waals surface area contributed by atoms with Crippen molar-refractivity contribution >= 4 is 23.5 Å². The fourth-order valence-electron chi connectivity index (χ4n) is 1.99. The summed E-state index contributed by atoms with van der Waals surface area (Å²) in [6.45, 7) is 0. The number of imidazole rings is 1. The third kappa shape index (κ3) is 2.66. The highest BCUT2D eigenvalue weighted by molar-refractivity contribution is 6.33. The SMILES string of the molecule is Cn1nc(-c2ccccc2Cl)cc1C(=O)Nc1ncc[nH]1. The van der Waals surface area contributed by atoms with Gasteiger partial charge < -0.3 is 4.98 Å². The molecule has 0 radical (unpaired) electrons. The van der Waals surface area contributed by atoms with Gasteiger partial charge >= 0.3 is 0 Å². The Labute approximate surface area is 125 Å². The molecule has 1 amide bonds. The first-order valence-electron chi connectivity index (χ1n) is 6.25. The van der Waals surface area contributed by atoms with Crippen LogP contribution in [0, 0.1) is 0 Å². The van der Waals surface area contributed by atoms with Gasteiger partial charge in [-0.15, -0.1) is 0 Å². The number of hydrogen-bond donors (Lipinski definition) is 2. The summed E-state index contributed by atoms with van der Waals surface area (Å²) in [5, 5.41) is 7.58. The maximum Gasteiger partial charge on any atom is 0.276 e. The van der Waals surface area contributed by atoms with Gasteiger partial charge in [0, 0.05) is 25.0 Å². The summed E-state index contributed by atoms with van der Waals surface area (Å²) in [5.74, 6) is 0.0961. The molecule has 1 aromatic carbocycles. The predicted molar refractivity (Wildman–Crippen MR) is 80.2 cm³/mol. The smallest absolute Gasteiger partial charge is 0.276 e. The van der Waals surface area contributed by atoms with Crippen molar-refractivity contribution in [3.05, 3.63) is 53.4 Å². The molecule has 0 aliphatic carbocycles. The number of amides is 1. The van der Waals surface area contributed by atoms with E-state index in [0.29, 0.717) is 22.4 Å². The van der Waals surface area contributed by atoms with Crippen LogP contribution < -0.4 is 5.32 Å². The van der Waals surface area contributed by atoms with Gasteiger partial charge in [-0.2, -0.15) is 5.10 Å². The van der Waals surface area contributed by atoms with E-state index in [-0.39, 0.29) is 5.91 Å². The van der Waals surface area contributed by atoms with Crippen LogP contribution in [-0.4, -0.2) is 25.7 Å². The number of carbonyl (C=O) groups is 1. The second kappa shape index (κ2) is 5.41. The van der Waals surface area contributed by atoms with Gasteiger partial charge in [-0.1, -0.05) is 29.8 Å². The maximum atomic E-state index is 12.2. The maximum absolute atomic E-state index is 12.2. The highest BCUT2D eigenvalue weighted by Gasteiger charge is 2.16. The molecular formula is C14H12ClN5O. The lowest BCUT2D eigenvalue weighted by atomic mass is 10.1. The minimum absolute atomic E-state index is 0.293. The van der Waals surface area contributed by atoms with Crippen molar-refractivity contribution in [2.24, 2.45) is 7.05 Å². The molecule has 0 saturated carbocycles. The van der Waals surface area contributed by atoms with E-state index in [9.17, 15) is 4.79 Å². The van der Waals surface area contributed by atoms with Crippen molar-refractivity contribution in [3.8, 4) is 11.3 Å². The van der Waals surface area contributed by atoms with Crippen LogP contribution in [-0.2, 0) is 7.05 Å². The Morgan fingerprint density at radius 1 is 1.38 bits per heavy atom. The molecule has 7 heteroatoms. The average molecular weight is 302 g/mol. The quantitative estimate of drug-likeness (QED) is 0.781. The van der Waals surface area contributed by atoms with Crippen molar-refractivity contribution in [1.29, 1.82) is 0 Å². The lowest BCUT2D eigenvalue weighted by Gasteiger charge is -2.01. The molecule has 0 spiro atoms. The van der Waals surface area contributed by atoms with Crippen molar-refractivity contribution < 1.29 is 4.79 Å². The summed E-state index contributed by atoms with van der Waals surface area (Å²) in [7, 11) is 1.71. The zero-order chi connectivity index (χ0) is 14.8. The number of nitrogens with one attached hydrogen (secondary N) is 2. The van der Waals surface area contributed by atoms with Crippen LogP contribution in [0.5, 0.6) is 0 Å². The first kappa shape index (κ1) is 13.4. The highest BCUT2D eigenvalue weighted by atomic mass is 35.5. The number of rotatable bonds is 3. The Kier molecular flexibility index (Phi) is 3.45. The van der Waals surface area contributed by atoms with Gasteiger partial charge in [-0.25, -0.2) is 4.98 Å². The number of carbonyl (C=O) groups excluding carboxylic acids is 1. The van der Waals surface area contributed by atoms with E-state index in [1.807, 2.05) is 18.2 Å². The second-order valence-electron chi connectivity index (χ2n) is 4.41. The van der Waals surface area contributed by atoms with Crippen molar-refractivity contribution in [2.45, 2.75) is 0 Å². The van der Waals surface area contributed by atoms with Crippen LogP contribution in [0.15, 0.2) is 42.7 Å². The minimum Gasteiger partial charge on any atom is -0.331 e. The predicted octanol–water partition coefficient (Wildman–Crippen LogP) is 2.72. The van der Waals surface area contributed by atoms with Crippen LogP contribution in [0.4, 0.5) is 5.95 Å². The monoisotopic (exact) mass is 301 g/mol. The van der Waals surface area contributed by atoms with Crippen molar-refractivity contribution in [2.75, 3.05) is 5.32 Å². The fourth-order valence-corrected chi connectivity index (χ4v) is 2.22. The molecular weight excluding hydrogens is 290 g/mol. The van der Waals surface area contributed by atoms with E-state index in [1.54, 1.807) is 31.6 Å². The fraction of sp³-hybridized carbons (Fsp3) is 0.0714. The molecule has 0 fully saturated rings. The third-order valence-electron chi connectivity index (χ3n) is 2.99. The number of nitrogens with zero attached hydrogens (tertiary/aromatic N) is 3. The van der Waals surface area contributed by atoms with E-state index in [2.05, 4.69) is 20.4 Å². The first-order chi connectivity index (χ1) is 10.1. The van der Waals surface area contributed by atoms with E-state index < -0.39 is 0 Å². The zero-order valence-electron chi connectivity index (χ0n) is 11.2. The summed E-state index contributed by atoms with van der Waals surface area (Å²) in [5.41, 5.74) is 1.85. The zero-order valence-corrected chi connectivity index (χ0v) is 11.9. The van der Waals surface area contributed by atoms with Crippen molar-refractivity contribution in [3.63, 3.8) is 0 Å². The topological polar surface area (TPSA) is 75.6 Å². The molecule has 0 saturated heterocycles. The first-order valence-corrected chi connectivity index (χ1v) is 6.62. The van der Waals surface area contributed by atoms with E-state index in [4.69, 9.17) is 11.6 Å². The average Bonchev–Trinajstić information content (AvgIpc) is 3.09. The Morgan fingerprint density at radius 2 is 2.19 bits per heavy atom. The molecule has 0 unspecified atom stereocenters. The lowest BCUT2D eigenvalue weighted by molar-refractivity contribution is 0.101. The summed E-state index contributed by atoms with van der Waals surface area (Å²) >= 11 is 6.15. The number of aromatic amines is 1. The van der Waals surface area contributed by atoms with Crippen LogP contribution in [0.1, 0.15) is 10.5 Å². The molecule has 3 rings (SSSR count). The van der Waals surface area contributed by atoms with E-state index in [0.717, 1.165) is 5.56 Å². The molecule has 6 nitrogen and oxygen atoms in total. The number of halogens is 1. The molecule has 2 heterocycles. The van der Waals surface area contributed by atoms with E-state index in [1.165, 1.54) is 4.68 Å². The van der Waals surface area contributed by atoms with Gasteiger partial charge in [0.05, 0.1) is 10.7 Å². The lowest BCUT2D eigenvalue weighted by Crippen LogP contribution is -2.16. The van der Waals surface area contributed by atoms with Gasteiger partial charge in [0.1, 0.15) is 5.69 Å². The highest BCUT2D eigenvalue weighted by Crippen LogP contribution is 2.26. The Morgan fingerprint density at radius 3 is 2.90 bits per heavy atom. The van der Waals surface area contributed by atoms with Crippen molar-refractivity contribution in [1.82, 2.24) is 19.7 Å². The van der Waals surface area contributed by atoms with Crippen LogP contribution in [0.3, 0.4) is 0 Å². The molecule has 0 aliphatic rings. The molecule has 0 bridgehead atoms. The number of H-pyrrole nitrogens is 1. The minimum atomic E-state index is -0.293. The largest absolute Gasteiger partial charge is 0.331 e. The molecule has 3 aromatic rings. The Balaban J connectivity index is 1.91. The second-order valence-corrected chi connectivity index (χ2v) is 4.82. The number of aromatic nitrogens is 4. The van der Waals surface area contributed by atoms with Gasteiger partial charge in [0.2, 0.25) is 5.95 Å². The molecule has 0 aliphatic heterocycles. The normalized spacial score (nSPS) is 10.6. The number of hydrogen-bond acceptors (Lipinski definition) is 3. The molecule has 2 aromatic heterocycles. The summed E-state index contributed by atoms with van der Waals surface area (Å²) < 4.78 is 1.51. The Hall–Kier alpha value is -2.60.